The van der Waals surface area contributed by atoms with Crippen LogP contribution in [0.2, 0.25) is 5.15 Å². The van der Waals surface area contributed by atoms with Gasteiger partial charge in [-0.2, -0.15) is 5.10 Å². The molecule has 2 heterocycles. The maximum atomic E-state index is 12.6. The number of hydrogen-bond donors (Lipinski definition) is 1. The summed E-state index contributed by atoms with van der Waals surface area (Å²) in [4.78, 5) is 14.9. The maximum Gasteiger partial charge on any atom is 0.244 e. The van der Waals surface area contributed by atoms with Gasteiger partial charge in [0, 0.05) is 37.8 Å². The number of aryl methyl sites for hydroxylation is 2. The van der Waals surface area contributed by atoms with Gasteiger partial charge < -0.3 is 14.8 Å². The van der Waals surface area contributed by atoms with E-state index in [1.54, 1.807) is 17.9 Å². The minimum absolute atomic E-state index is 0.0595. The van der Waals surface area contributed by atoms with E-state index in [4.69, 9.17) is 21.1 Å². The Balaban J connectivity index is 1.66. The Morgan fingerprint density at radius 1 is 1.31 bits per heavy atom. The third-order valence-electron chi connectivity index (χ3n) is 5.69. The Morgan fingerprint density at radius 3 is 2.69 bits per heavy atom. The number of carbonyl (C=O) groups is 1. The summed E-state index contributed by atoms with van der Waals surface area (Å²) >= 11 is 6.47. The molecule has 2 aromatic rings. The van der Waals surface area contributed by atoms with Gasteiger partial charge in [0.05, 0.1) is 32.1 Å². The largest absolute Gasteiger partial charge is 0.497 e. The molecule has 1 aromatic heterocycles. The fraction of sp³-hybridized carbons (Fsp3) is 0.500. The highest BCUT2D eigenvalue weighted by Crippen LogP contribution is 2.24. The zero-order valence-corrected chi connectivity index (χ0v) is 19.9. The first-order valence-corrected chi connectivity index (χ1v) is 11.6. The van der Waals surface area contributed by atoms with Gasteiger partial charge in [-0.1, -0.05) is 37.1 Å². The van der Waals surface area contributed by atoms with Crippen LogP contribution in [0.3, 0.4) is 0 Å². The lowest BCUT2D eigenvalue weighted by Gasteiger charge is -2.34. The molecule has 3 rings (SSSR count). The normalized spacial score (nSPS) is 15.8. The van der Waals surface area contributed by atoms with Crippen LogP contribution in [0, 0.1) is 6.92 Å². The predicted octanol–water partition coefficient (Wildman–Crippen LogP) is 3.86. The lowest BCUT2D eigenvalue weighted by atomic mass is 10.0. The van der Waals surface area contributed by atoms with Crippen LogP contribution in [-0.4, -0.2) is 60.5 Å². The van der Waals surface area contributed by atoms with Gasteiger partial charge in [0.25, 0.3) is 0 Å². The van der Waals surface area contributed by atoms with Gasteiger partial charge in [-0.25, -0.2) is 0 Å². The Hall–Kier alpha value is -2.35. The van der Waals surface area contributed by atoms with Crippen molar-refractivity contribution in [1.29, 1.82) is 0 Å². The van der Waals surface area contributed by atoms with Crippen molar-refractivity contribution in [3.8, 4) is 5.75 Å². The van der Waals surface area contributed by atoms with Crippen molar-refractivity contribution < 1.29 is 14.3 Å². The number of benzene rings is 1. The summed E-state index contributed by atoms with van der Waals surface area (Å²) in [5.41, 5.74) is 2.74. The Bertz CT molecular complexity index is 905. The van der Waals surface area contributed by atoms with Crippen LogP contribution in [0.15, 0.2) is 30.3 Å². The Kier molecular flexibility index (Phi) is 9.14. The molecule has 0 spiro atoms. The smallest absolute Gasteiger partial charge is 0.244 e. The first-order valence-electron chi connectivity index (χ1n) is 11.2. The highest BCUT2D eigenvalue weighted by Gasteiger charge is 2.23. The molecule has 1 amide bonds. The third kappa shape index (κ3) is 6.34. The number of aromatic nitrogens is 2. The summed E-state index contributed by atoms with van der Waals surface area (Å²) in [7, 11) is 1.66. The number of halogens is 1. The van der Waals surface area contributed by atoms with Crippen molar-refractivity contribution in [2.45, 2.75) is 39.3 Å². The standard InChI is InChI=1S/C24H33ClN4O3/c1-4-5-12-29-24(25)21(18(2)27-29)10-11-23(30)26-17-22(28-13-15-32-16-14-28)19-6-8-20(31-3)9-7-19/h6-11,22H,4-5,12-17H2,1-3H3,(H,26,30)/b11-10+. The average molecular weight is 461 g/mol. The molecule has 32 heavy (non-hydrogen) atoms. The number of methoxy groups -OCH3 is 1. The number of amides is 1. The van der Waals surface area contributed by atoms with Gasteiger partial charge in [0.15, 0.2) is 0 Å². The molecule has 1 aliphatic rings. The van der Waals surface area contributed by atoms with E-state index in [2.05, 4.69) is 34.4 Å². The number of morpholine rings is 1. The molecule has 1 unspecified atom stereocenters. The first-order chi connectivity index (χ1) is 15.5. The molecule has 174 valence electrons. The molecule has 1 aliphatic heterocycles. The van der Waals surface area contributed by atoms with E-state index in [1.807, 2.05) is 19.1 Å². The number of nitrogens with zero attached hydrogens (tertiary/aromatic N) is 3. The molecule has 0 radical (unpaired) electrons. The van der Waals surface area contributed by atoms with Crippen LogP contribution in [0.5, 0.6) is 5.75 Å². The summed E-state index contributed by atoms with van der Waals surface area (Å²) in [6, 6.07) is 8.06. The summed E-state index contributed by atoms with van der Waals surface area (Å²) < 4.78 is 12.6. The number of nitrogens with one attached hydrogen (secondary N) is 1. The Labute approximate surface area is 195 Å². The minimum Gasteiger partial charge on any atom is -0.497 e. The first kappa shape index (κ1) is 24.3. The van der Waals surface area contributed by atoms with Crippen molar-refractivity contribution in [3.05, 3.63) is 52.3 Å². The van der Waals surface area contributed by atoms with Crippen LogP contribution >= 0.6 is 11.6 Å². The van der Waals surface area contributed by atoms with Gasteiger partial charge in [0.1, 0.15) is 10.9 Å². The lowest BCUT2D eigenvalue weighted by Crippen LogP contribution is -2.43. The van der Waals surface area contributed by atoms with Crippen molar-refractivity contribution in [3.63, 3.8) is 0 Å². The number of hydrogen-bond acceptors (Lipinski definition) is 5. The van der Waals surface area contributed by atoms with Gasteiger partial charge >= 0.3 is 0 Å². The molecular formula is C24H33ClN4O3. The van der Waals surface area contributed by atoms with Crippen molar-refractivity contribution in [1.82, 2.24) is 20.0 Å². The number of rotatable bonds is 10. The summed E-state index contributed by atoms with van der Waals surface area (Å²) in [6.45, 7) is 8.36. The van der Waals surface area contributed by atoms with E-state index in [1.165, 1.54) is 6.08 Å². The highest BCUT2D eigenvalue weighted by molar-refractivity contribution is 6.31. The van der Waals surface area contributed by atoms with Crippen molar-refractivity contribution in [2.75, 3.05) is 40.0 Å². The zero-order valence-electron chi connectivity index (χ0n) is 19.1. The second-order valence-corrected chi connectivity index (χ2v) is 8.24. The van der Waals surface area contributed by atoms with Crippen molar-refractivity contribution in [2.24, 2.45) is 0 Å². The third-order valence-corrected chi connectivity index (χ3v) is 6.09. The van der Waals surface area contributed by atoms with E-state index in [0.29, 0.717) is 24.9 Å². The maximum absolute atomic E-state index is 12.6. The molecule has 1 N–H and O–H groups in total. The summed E-state index contributed by atoms with van der Waals surface area (Å²) in [5, 5.41) is 8.11. The molecule has 7 nitrogen and oxygen atoms in total. The van der Waals surface area contributed by atoms with Crippen LogP contribution in [0.25, 0.3) is 6.08 Å². The average Bonchev–Trinajstić information content (AvgIpc) is 3.09. The molecule has 0 aliphatic carbocycles. The van der Waals surface area contributed by atoms with E-state index < -0.39 is 0 Å². The minimum atomic E-state index is -0.159. The van der Waals surface area contributed by atoms with Gasteiger partial charge in [-0.15, -0.1) is 0 Å². The van der Waals surface area contributed by atoms with Crippen LogP contribution < -0.4 is 10.1 Å². The van der Waals surface area contributed by atoms with Gasteiger partial charge in [-0.05, 0) is 37.1 Å². The fourth-order valence-corrected chi connectivity index (χ4v) is 4.12. The topological polar surface area (TPSA) is 68.6 Å². The summed E-state index contributed by atoms with van der Waals surface area (Å²) in [6.07, 6.45) is 5.37. The SMILES string of the molecule is CCCCn1nc(C)c(/C=C/C(=O)NCC(c2ccc(OC)cc2)N2CCOCC2)c1Cl. The monoisotopic (exact) mass is 460 g/mol. The second-order valence-electron chi connectivity index (χ2n) is 7.88. The summed E-state index contributed by atoms with van der Waals surface area (Å²) in [5.74, 6) is 0.654. The van der Waals surface area contributed by atoms with Gasteiger partial charge in [-0.3, -0.25) is 14.4 Å². The van der Waals surface area contributed by atoms with Crippen LogP contribution in [0.1, 0.15) is 42.6 Å². The fourth-order valence-electron chi connectivity index (χ4n) is 3.80. The number of carbonyl (C=O) groups excluding carboxylic acids is 1. The van der Waals surface area contributed by atoms with Crippen LogP contribution in [0.4, 0.5) is 0 Å². The van der Waals surface area contributed by atoms with E-state index >= 15 is 0 Å². The molecule has 8 heteroatoms. The van der Waals surface area contributed by atoms with E-state index in [0.717, 1.165) is 55.0 Å². The van der Waals surface area contributed by atoms with E-state index in [-0.39, 0.29) is 11.9 Å². The molecule has 1 fully saturated rings. The zero-order chi connectivity index (χ0) is 22.9. The molecule has 1 atom stereocenters. The molecular weight excluding hydrogens is 428 g/mol. The van der Waals surface area contributed by atoms with Gasteiger partial charge in [0.2, 0.25) is 5.91 Å². The molecule has 0 saturated carbocycles. The molecule has 0 bridgehead atoms. The van der Waals surface area contributed by atoms with Crippen LogP contribution in [-0.2, 0) is 16.1 Å². The number of ether oxygens (including phenoxy) is 2. The Morgan fingerprint density at radius 2 is 2.03 bits per heavy atom. The van der Waals surface area contributed by atoms with E-state index in [9.17, 15) is 4.79 Å². The second kappa shape index (κ2) is 12.0. The molecule has 1 saturated heterocycles. The predicted molar refractivity (Wildman–Crippen MR) is 127 cm³/mol. The molecule has 1 aromatic carbocycles. The lowest BCUT2D eigenvalue weighted by molar-refractivity contribution is -0.116. The quantitative estimate of drug-likeness (QED) is 0.545. The highest BCUT2D eigenvalue weighted by atomic mass is 35.5. The van der Waals surface area contributed by atoms with Crippen molar-refractivity contribution >= 4 is 23.6 Å². The number of unbranched alkanes of at least 4 members (excludes halogenated alkanes) is 1.